The van der Waals surface area contributed by atoms with E-state index in [9.17, 15) is 14.1 Å². The average molecular weight is 448 g/mol. The first-order valence-electron chi connectivity index (χ1n) is 11.1. The van der Waals surface area contributed by atoms with Crippen LogP contribution < -0.4 is 10.2 Å². The Kier molecular flexibility index (Phi) is 7.62. The van der Waals surface area contributed by atoms with E-state index in [-0.39, 0.29) is 12.0 Å². The van der Waals surface area contributed by atoms with E-state index in [1.54, 1.807) is 12.1 Å². The maximum Gasteiger partial charge on any atom is 0.264 e. The molecule has 1 fully saturated rings. The number of hydrogen-bond donors (Lipinski definition) is 1. The lowest BCUT2D eigenvalue weighted by Crippen LogP contribution is -2.35. The van der Waals surface area contributed by atoms with E-state index in [2.05, 4.69) is 20.8 Å². The quantitative estimate of drug-likeness (QED) is 0.532. The first-order chi connectivity index (χ1) is 14.6. The van der Waals surface area contributed by atoms with Crippen LogP contribution in [0.4, 0.5) is 10.1 Å². The lowest BCUT2D eigenvalue weighted by atomic mass is 9.75. The predicted molar refractivity (Wildman–Crippen MR) is 126 cm³/mol. The third-order valence-corrected chi connectivity index (χ3v) is 9.01. The van der Waals surface area contributed by atoms with Crippen LogP contribution in [0.2, 0.25) is 0 Å². The van der Waals surface area contributed by atoms with Gasteiger partial charge in [-0.2, -0.15) is 0 Å². The first-order valence-corrected chi connectivity index (χ1v) is 12.8. The summed E-state index contributed by atoms with van der Waals surface area (Å²) in [6.45, 7) is 6.54. The monoisotopic (exact) mass is 447 g/mol. The van der Waals surface area contributed by atoms with Gasteiger partial charge in [0.1, 0.15) is 5.82 Å². The van der Waals surface area contributed by atoms with Gasteiger partial charge in [0.05, 0.1) is 6.10 Å². The second kappa shape index (κ2) is 9.85. The Labute approximate surface area is 185 Å². The highest BCUT2D eigenvalue weighted by Gasteiger charge is 2.42. The number of rotatable bonds is 7. The molecule has 0 heterocycles. The van der Waals surface area contributed by atoms with Crippen LogP contribution in [0.5, 0.6) is 0 Å². The fourth-order valence-corrected chi connectivity index (χ4v) is 6.78. The van der Waals surface area contributed by atoms with E-state index in [0.717, 1.165) is 24.9 Å². The molecule has 0 spiro atoms. The van der Waals surface area contributed by atoms with Crippen molar-refractivity contribution in [3.05, 3.63) is 59.9 Å². The van der Waals surface area contributed by atoms with Gasteiger partial charge in [0, 0.05) is 25.1 Å². The summed E-state index contributed by atoms with van der Waals surface area (Å²) >= 11 is 0. The van der Waals surface area contributed by atoms with Crippen LogP contribution in [0.3, 0.4) is 0 Å². The molecule has 0 unspecified atom stereocenters. The zero-order chi connectivity index (χ0) is 22.8. The number of benzene rings is 2. The Balaban J connectivity index is 2.02. The summed E-state index contributed by atoms with van der Waals surface area (Å²) in [6, 6.07) is 12.8. The van der Waals surface area contributed by atoms with Crippen molar-refractivity contribution in [3.8, 4) is 0 Å². The Hall–Kier alpha value is -1.68. The number of aliphatic hydroxyl groups excluding tert-OH is 1. The zero-order valence-corrected chi connectivity index (χ0v) is 20.1. The summed E-state index contributed by atoms with van der Waals surface area (Å²) in [5.74, 6) is -0.602. The average Bonchev–Trinajstić information content (AvgIpc) is 2.73. The van der Waals surface area contributed by atoms with Gasteiger partial charge in [-0.1, -0.05) is 39.3 Å². The smallest absolute Gasteiger partial charge is 0.264 e. The van der Waals surface area contributed by atoms with Gasteiger partial charge in [-0.15, -0.1) is 0 Å². The van der Waals surface area contributed by atoms with Gasteiger partial charge in [-0.3, -0.25) is 4.57 Å². The third-order valence-electron chi connectivity index (χ3n) is 6.47. The van der Waals surface area contributed by atoms with Gasteiger partial charge in [-0.05, 0) is 72.6 Å². The van der Waals surface area contributed by atoms with Crippen molar-refractivity contribution in [1.82, 2.24) is 0 Å². The second-order valence-electron chi connectivity index (χ2n) is 9.40. The molecule has 0 saturated heterocycles. The molecule has 1 aliphatic rings. The number of nitrogens with zero attached hydrogens (tertiary/aromatic N) is 1. The van der Waals surface area contributed by atoms with Crippen molar-refractivity contribution in [2.24, 2.45) is 17.8 Å². The van der Waals surface area contributed by atoms with E-state index in [4.69, 9.17) is 4.52 Å². The maximum atomic E-state index is 14.4. The molecule has 6 heteroatoms. The number of hydrogen-bond acceptors (Lipinski definition) is 4. The van der Waals surface area contributed by atoms with Crippen LogP contribution in [-0.2, 0) is 9.09 Å². The lowest BCUT2D eigenvalue weighted by Gasteiger charge is -2.40. The molecule has 1 saturated carbocycles. The highest BCUT2D eigenvalue weighted by atomic mass is 31.2. The van der Waals surface area contributed by atoms with E-state index >= 15 is 0 Å². The molecule has 0 radical (unpaired) electrons. The SMILES string of the molecule is CC(C)[C@H]1CC[C@@H](C)C[C@H]1O[P@@](=O)(c1ccc(N(C)C)cc1)[C@H](O)c1ccc(F)cc1. The van der Waals surface area contributed by atoms with Gasteiger partial charge in [0.2, 0.25) is 0 Å². The maximum absolute atomic E-state index is 14.4. The summed E-state index contributed by atoms with van der Waals surface area (Å²) in [5.41, 5.74) is 1.37. The minimum Gasteiger partial charge on any atom is -0.378 e. The molecule has 5 atom stereocenters. The summed E-state index contributed by atoms with van der Waals surface area (Å²) in [5, 5.41) is 11.7. The van der Waals surface area contributed by atoms with Gasteiger partial charge in [0.15, 0.2) is 5.85 Å². The number of anilines is 1. The van der Waals surface area contributed by atoms with Crippen molar-refractivity contribution in [3.63, 3.8) is 0 Å². The van der Waals surface area contributed by atoms with Gasteiger partial charge >= 0.3 is 0 Å². The molecule has 0 aromatic heterocycles. The molecular formula is C25H35FNO3P. The molecule has 2 aromatic carbocycles. The molecule has 1 N–H and O–H groups in total. The fourth-order valence-electron chi connectivity index (χ4n) is 4.49. The van der Waals surface area contributed by atoms with Crippen LogP contribution in [0.25, 0.3) is 0 Å². The molecule has 0 bridgehead atoms. The molecule has 3 rings (SSSR count). The minimum absolute atomic E-state index is 0.196. The van der Waals surface area contributed by atoms with Gasteiger partial charge in [-0.25, -0.2) is 4.39 Å². The molecule has 2 aromatic rings. The summed E-state index contributed by atoms with van der Waals surface area (Å²) in [4.78, 5) is 1.96. The molecule has 170 valence electrons. The van der Waals surface area contributed by atoms with Crippen LogP contribution >= 0.6 is 7.37 Å². The van der Waals surface area contributed by atoms with Crippen molar-refractivity contribution >= 4 is 18.4 Å². The van der Waals surface area contributed by atoms with Crippen molar-refractivity contribution in [2.75, 3.05) is 19.0 Å². The Bertz CT molecular complexity index is 898. The van der Waals surface area contributed by atoms with Crippen LogP contribution in [-0.4, -0.2) is 25.3 Å². The standard InChI is InChI=1S/C25H35FNO3P/c1-17(2)23-15-6-18(3)16-24(23)30-31(29,22-13-11-21(12-14-22)27(4)5)25(28)19-7-9-20(26)10-8-19/h7-14,17-18,23-25,28H,6,15-16H2,1-5H3/t18-,23-,24-,25+,31+/m1/s1. The molecule has 0 amide bonds. The fraction of sp³-hybridized carbons (Fsp3) is 0.520. The topological polar surface area (TPSA) is 49.8 Å². The Morgan fingerprint density at radius 3 is 2.23 bits per heavy atom. The van der Waals surface area contributed by atoms with Crippen molar-refractivity contribution in [2.45, 2.75) is 52.0 Å². The van der Waals surface area contributed by atoms with Crippen LogP contribution in [0.1, 0.15) is 51.4 Å². The third kappa shape index (κ3) is 5.39. The molecule has 1 aliphatic carbocycles. The van der Waals surface area contributed by atoms with E-state index in [1.165, 1.54) is 24.3 Å². The molecule has 31 heavy (non-hydrogen) atoms. The summed E-state index contributed by atoms with van der Waals surface area (Å²) in [6.07, 6.45) is 2.78. The van der Waals surface area contributed by atoms with Gasteiger partial charge < -0.3 is 14.5 Å². The van der Waals surface area contributed by atoms with Crippen molar-refractivity contribution in [1.29, 1.82) is 0 Å². The van der Waals surface area contributed by atoms with E-state index in [1.807, 2.05) is 31.1 Å². The van der Waals surface area contributed by atoms with E-state index < -0.39 is 19.0 Å². The molecule has 0 aliphatic heterocycles. The molecular weight excluding hydrogens is 412 g/mol. The van der Waals surface area contributed by atoms with Crippen LogP contribution in [0.15, 0.2) is 48.5 Å². The lowest BCUT2D eigenvalue weighted by molar-refractivity contribution is 0.0427. The van der Waals surface area contributed by atoms with Crippen molar-refractivity contribution < 1.29 is 18.6 Å². The number of halogens is 1. The Morgan fingerprint density at radius 2 is 1.68 bits per heavy atom. The summed E-state index contributed by atoms with van der Waals surface area (Å²) in [7, 11) is 0.172. The largest absolute Gasteiger partial charge is 0.378 e. The normalized spacial score (nSPS) is 24.6. The highest BCUT2D eigenvalue weighted by Crippen LogP contribution is 2.60. The van der Waals surface area contributed by atoms with E-state index in [0.29, 0.717) is 22.7 Å². The van der Waals surface area contributed by atoms with Crippen LogP contribution in [0, 0.1) is 23.6 Å². The Morgan fingerprint density at radius 1 is 1.06 bits per heavy atom. The first kappa shape index (κ1) is 24.0. The highest BCUT2D eigenvalue weighted by molar-refractivity contribution is 7.67. The van der Waals surface area contributed by atoms with Gasteiger partial charge in [0.25, 0.3) is 7.37 Å². The second-order valence-corrected chi connectivity index (χ2v) is 11.8. The predicted octanol–water partition coefficient (Wildman–Crippen LogP) is 5.96. The minimum atomic E-state index is -3.71. The molecule has 4 nitrogen and oxygen atoms in total. The zero-order valence-electron chi connectivity index (χ0n) is 19.2. The number of aliphatic hydroxyl groups is 1. The summed E-state index contributed by atoms with van der Waals surface area (Å²) < 4.78 is 34.4.